The van der Waals surface area contributed by atoms with Crippen LogP contribution in [0.25, 0.3) is 0 Å². The Morgan fingerprint density at radius 1 is 1.17 bits per heavy atom. The third-order valence-corrected chi connectivity index (χ3v) is 6.70. The van der Waals surface area contributed by atoms with Crippen molar-refractivity contribution in [3.8, 4) is 0 Å². The number of halogens is 1. The molecule has 0 aromatic heterocycles. The van der Waals surface area contributed by atoms with Crippen LogP contribution in [-0.2, 0) is 10.0 Å². The molecule has 2 aromatic rings. The molecule has 1 fully saturated rings. The van der Waals surface area contributed by atoms with E-state index >= 15 is 0 Å². The van der Waals surface area contributed by atoms with Crippen molar-refractivity contribution in [3.05, 3.63) is 53.8 Å². The van der Waals surface area contributed by atoms with Crippen molar-refractivity contribution in [3.63, 3.8) is 0 Å². The molecule has 9 heteroatoms. The molecular formula is C21H26FN3O4S. The van der Waals surface area contributed by atoms with E-state index in [1.165, 1.54) is 0 Å². The van der Waals surface area contributed by atoms with Gasteiger partial charge in [0.25, 0.3) is 10.0 Å². The number of amides is 2. The van der Waals surface area contributed by atoms with Gasteiger partial charge in [0.15, 0.2) is 0 Å². The lowest BCUT2D eigenvalue weighted by molar-refractivity contribution is 0.156. The number of aliphatic hydroxyl groups excluding tert-OH is 1. The number of carbonyl (C=O) groups is 1. The Kier molecular flexibility index (Phi) is 6.94. The monoisotopic (exact) mass is 435 g/mol. The van der Waals surface area contributed by atoms with E-state index in [4.69, 9.17) is 0 Å². The second-order valence-electron chi connectivity index (χ2n) is 7.50. The first-order valence-electron chi connectivity index (χ1n) is 9.86. The number of hydrogen-bond acceptors (Lipinski definition) is 4. The third kappa shape index (κ3) is 5.28. The number of para-hydroxylation sites is 1. The van der Waals surface area contributed by atoms with Gasteiger partial charge < -0.3 is 15.7 Å². The van der Waals surface area contributed by atoms with Gasteiger partial charge in [0.1, 0.15) is 10.7 Å². The molecule has 0 heterocycles. The van der Waals surface area contributed by atoms with Crippen LogP contribution in [-0.4, -0.2) is 32.2 Å². The third-order valence-electron chi connectivity index (χ3n) is 5.30. The Morgan fingerprint density at radius 2 is 1.87 bits per heavy atom. The summed E-state index contributed by atoms with van der Waals surface area (Å²) in [6.07, 6.45) is 3.58. The molecule has 1 aliphatic rings. The number of anilines is 2. The number of aryl methyl sites for hydroxylation is 1. The molecule has 162 valence electrons. The van der Waals surface area contributed by atoms with E-state index in [2.05, 4.69) is 15.4 Å². The van der Waals surface area contributed by atoms with Gasteiger partial charge in [-0.3, -0.25) is 4.72 Å². The highest BCUT2D eigenvalue weighted by Gasteiger charge is 2.26. The minimum absolute atomic E-state index is 0.00588. The van der Waals surface area contributed by atoms with Crippen molar-refractivity contribution in [1.82, 2.24) is 5.32 Å². The average molecular weight is 436 g/mol. The number of sulfonamides is 1. The summed E-state index contributed by atoms with van der Waals surface area (Å²) in [5.41, 5.74) is 0.888. The van der Waals surface area contributed by atoms with Gasteiger partial charge in [0.05, 0.1) is 0 Å². The fourth-order valence-electron chi connectivity index (χ4n) is 3.65. The summed E-state index contributed by atoms with van der Waals surface area (Å²) in [6, 6.07) is 9.67. The molecule has 2 amide bonds. The maximum absolute atomic E-state index is 14.5. The first kappa shape index (κ1) is 22.0. The fourth-order valence-corrected chi connectivity index (χ4v) is 4.80. The maximum atomic E-state index is 14.5. The van der Waals surface area contributed by atoms with E-state index in [-0.39, 0.29) is 24.3 Å². The molecule has 7 nitrogen and oxygen atoms in total. The maximum Gasteiger partial charge on any atom is 0.319 e. The first-order valence-corrected chi connectivity index (χ1v) is 11.3. The predicted octanol–water partition coefficient (Wildman–Crippen LogP) is 3.61. The molecule has 0 spiro atoms. The van der Waals surface area contributed by atoms with Crippen LogP contribution in [0.4, 0.5) is 20.6 Å². The predicted molar refractivity (Wildman–Crippen MR) is 113 cm³/mol. The van der Waals surface area contributed by atoms with Crippen LogP contribution in [0.3, 0.4) is 0 Å². The zero-order chi connectivity index (χ0) is 21.7. The summed E-state index contributed by atoms with van der Waals surface area (Å²) < 4.78 is 42.1. The van der Waals surface area contributed by atoms with Crippen LogP contribution in [0.2, 0.25) is 0 Å². The summed E-state index contributed by atoms with van der Waals surface area (Å²) >= 11 is 0. The summed E-state index contributed by atoms with van der Waals surface area (Å²) in [7, 11) is -4.19. The van der Waals surface area contributed by atoms with Gasteiger partial charge >= 0.3 is 6.03 Å². The van der Waals surface area contributed by atoms with E-state index in [0.29, 0.717) is 11.3 Å². The van der Waals surface area contributed by atoms with Crippen LogP contribution in [0.15, 0.2) is 47.4 Å². The molecule has 30 heavy (non-hydrogen) atoms. The summed E-state index contributed by atoms with van der Waals surface area (Å²) in [6.45, 7) is 1.57. The Balaban J connectivity index is 1.78. The highest BCUT2D eigenvalue weighted by atomic mass is 32.2. The van der Waals surface area contributed by atoms with E-state index in [1.807, 2.05) is 0 Å². The van der Waals surface area contributed by atoms with Crippen molar-refractivity contribution in [2.45, 2.75) is 43.5 Å². The standard InChI is InChI=1S/C21H26FN3O4S/c1-14-11-17(22)20(30(28,29)25-16-8-3-2-4-9-16)12-19(14)24-21(27)23-18-10-6-5-7-15(18)13-26/h2-4,8-9,11-12,15,18,25-26H,5-7,10,13H2,1H3,(H2,23,24,27)/t15-,18-/m0/s1. The molecule has 0 radical (unpaired) electrons. The molecule has 0 bridgehead atoms. The van der Waals surface area contributed by atoms with Crippen LogP contribution >= 0.6 is 0 Å². The van der Waals surface area contributed by atoms with Gasteiger partial charge in [-0.15, -0.1) is 0 Å². The molecule has 4 N–H and O–H groups in total. The molecule has 0 aliphatic heterocycles. The van der Waals surface area contributed by atoms with E-state index < -0.39 is 26.8 Å². The smallest absolute Gasteiger partial charge is 0.319 e. The Labute approximate surface area is 175 Å². The SMILES string of the molecule is Cc1cc(F)c(S(=O)(=O)Nc2ccccc2)cc1NC(=O)N[C@H]1CCCC[C@H]1CO. The highest BCUT2D eigenvalue weighted by Crippen LogP contribution is 2.27. The molecule has 3 rings (SSSR count). The van der Waals surface area contributed by atoms with Gasteiger partial charge in [-0.2, -0.15) is 0 Å². The number of hydrogen-bond donors (Lipinski definition) is 4. The van der Waals surface area contributed by atoms with Crippen molar-refractivity contribution in [1.29, 1.82) is 0 Å². The van der Waals surface area contributed by atoms with Crippen LogP contribution in [0.5, 0.6) is 0 Å². The number of urea groups is 1. The average Bonchev–Trinajstić information content (AvgIpc) is 2.70. The number of carbonyl (C=O) groups excluding carboxylic acids is 1. The molecule has 0 saturated heterocycles. The number of rotatable bonds is 6. The lowest BCUT2D eigenvalue weighted by Gasteiger charge is -2.30. The van der Waals surface area contributed by atoms with Crippen LogP contribution in [0, 0.1) is 18.7 Å². The molecule has 0 unspecified atom stereocenters. The Hall–Kier alpha value is -2.65. The second kappa shape index (κ2) is 9.44. The van der Waals surface area contributed by atoms with Crippen molar-refractivity contribution < 1.29 is 22.7 Å². The first-order chi connectivity index (χ1) is 14.3. The van der Waals surface area contributed by atoms with Gasteiger partial charge in [-0.1, -0.05) is 31.0 Å². The summed E-state index contributed by atoms with van der Waals surface area (Å²) in [5, 5.41) is 15.0. The normalized spacial score (nSPS) is 19.2. The van der Waals surface area contributed by atoms with E-state index in [0.717, 1.165) is 37.8 Å². The van der Waals surface area contributed by atoms with Crippen molar-refractivity contribution >= 4 is 27.4 Å². The molecular weight excluding hydrogens is 409 g/mol. The zero-order valence-corrected chi connectivity index (χ0v) is 17.5. The zero-order valence-electron chi connectivity index (χ0n) is 16.7. The molecule has 2 atom stereocenters. The lowest BCUT2D eigenvalue weighted by atomic mass is 9.85. The molecule has 2 aromatic carbocycles. The summed E-state index contributed by atoms with van der Waals surface area (Å²) in [5.74, 6) is -0.917. The summed E-state index contributed by atoms with van der Waals surface area (Å²) in [4.78, 5) is 11.9. The van der Waals surface area contributed by atoms with Gasteiger partial charge in [0.2, 0.25) is 0 Å². The number of nitrogens with one attached hydrogen (secondary N) is 3. The minimum Gasteiger partial charge on any atom is -0.396 e. The largest absolute Gasteiger partial charge is 0.396 e. The highest BCUT2D eigenvalue weighted by molar-refractivity contribution is 7.92. The molecule has 1 saturated carbocycles. The molecule has 1 aliphatic carbocycles. The van der Waals surface area contributed by atoms with E-state index in [9.17, 15) is 22.7 Å². The van der Waals surface area contributed by atoms with E-state index in [1.54, 1.807) is 37.3 Å². The Morgan fingerprint density at radius 3 is 2.57 bits per heavy atom. The van der Waals surface area contributed by atoms with Gasteiger partial charge in [0, 0.05) is 29.9 Å². The van der Waals surface area contributed by atoms with Gasteiger partial charge in [-0.05, 0) is 49.6 Å². The van der Waals surface area contributed by atoms with Gasteiger partial charge in [-0.25, -0.2) is 17.6 Å². The quantitative estimate of drug-likeness (QED) is 0.556. The second-order valence-corrected chi connectivity index (χ2v) is 9.15. The lowest BCUT2D eigenvalue weighted by Crippen LogP contribution is -2.45. The Bertz CT molecular complexity index is 999. The minimum atomic E-state index is -4.19. The van der Waals surface area contributed by atoms with Crippen LogP contribution < -0.4 is 15.4 Å². The number of aliphatic hydroxyl groups is 1. The van der Waals surface area contributed by atoms with Crippen molar-refractivity contribution in [2.24, 2.45) is 5.92 Å². The topological polar surface area (TPSA) is 108 Å². The van der Waals surface area contributed by atoms with Crippen molar-refractivity contribution in [2.75, 3.05) is 16.6 Å². The van der Waals surface area contributed by atoms with Crippen LogP contribution in [0.1, 0.15) is 31.2 Å². The number of benzene rings is 2. The fraction of sp³-hybridized carbons (Fsp3) is 0.381.